The summed E-state index contributed by atoms with van der Waals surface area (Å²) in [4.78, 5) is 0. The van der Waals surface area contributed by atoms with Crippen LogP contribution in [0.1, 0.15) is 78.1 Å². The van der Waals surface area contributed by atoms with Crippen molar-refractivity contribution >= 4 is 0 Å². The van der Waals surface area contributed by atoms with E-state index in [1.165, 1.54) is 64.2 Å². The van der Waals surface area contributed by atoms with Gasteiger partial charge in [0, 0.05) is 12.1 Å². The molecule has 0 saturated heterocycles. The van der Waals surface area contributed by atoms with Gasteiger partial charge in [0.15, 0.2) is 0 Å². The second kappa shape index (κ2) is 6.78. The van der Waals surface area contributed by atoms with Gasteiger partial charge in [0.1, 0.15) is 0 Å². The molecule has 2 unspecified atom stereocenters. The minimum absolute atomic E-state index is 0.755. The molecule has 0 bridgehead atoms. The number of rotatable bonds is 4. The topological polar surface area (TPSA) is 12.0 Å². The molecule has 0 aromatic carbocycles. The second-order valence-corrected chi connectivity index (χ2v) is 6.41. The van der Waals surface area contributed by atoms with Crippen LogP contribution < -0.4 is 5.32 Å². The highest BCUT2D eigenvalue weighted by Gasteiger charge is 2.28. The van der Waals surface area contributed by atoms with Gasteiger partial charge in [0.2, 0.25) is 0 Å². The van der Waals surface area contributed by atoms with Gasteiger partial charge in [-0.2, -0.15) is 0 Å². The third-order valence-electron chi connectivity index (χ3n) is 5.27. The summed E-state index contributed by atoms with van der Waals surface area (Å²) in [5, 5.41) is 3.98. The lowest BCUT2D eigenvalue weighted by Crippen LogP contribution is -2.42. The van der Waals surface area contributed by atoms with Crippen LogP contribution in [0.4, 0.5) is 0 Å². The first-order valence-electron chi connectivity index (χ1n) is 8.07. The highest BCUT2D eigenvalue weighted by Crippen LogP contribution is 2.31. The molecule has 2 aliphatic rings. The van der Waals surface area contributed by atoms with E-state index >= 15 is 0 Å². The summed E-state index contributed by atoms with van der Waals surface area (Å²) in [5.74, 6) is 1.92. The van der Waals surface area contributed by atoms with Crippen LogP contribution >= 0.6 is 0 Å². The third-order valence-corrected chi connectivity index (χ3v) is 5.27. The van der Waals surface area contributed by atoms with Gasteiger partial charge in [-0.3, -0.25) is 0 Å². The average Bonchev–Trinajstić information content (AvgIpc) is 2.62. The summed E-state index contributed by atoms with van der Waals surface area (Å²) in [7, 11) is 0. The molecule has 100 valence electrons. The Balaban J connectivity index is 1.80. The molecule has 0 spiro atoms. The molecule has 2 saturated carbocycles. The molecule has 2 rings (SSSR count). The standard InChI is InChI=1S/C16H31N/c1-3-14-11-8-12-16(14)17-13(2)15-9-6-4-5-7-10-15/h13-17H,3-12H2,1-2H3/t13-,14?,16?/m1/s1. The van der Waals surface area contributed by atoms with Gasteiger partial charge in [-0.1, -0.05) is 45.4 Å². The van der Waals surface area contributed by atoms with E-state index in [-0.39, 0.29) is 0 Å². The molecular formula is C16H31N. The Morgan fingerprint density at radius 1 is 0.941 bits per heavy atom. The van der Waals surface area contributed by atoms with E-state index in [9.17, 15) is 0 Å². The fraction of sp³-hybridized carbons (Fsp3) is 1.00. The van der Waals surface area contributed by atoms with E-state index in [0.29, 0.717) is 0 Å². The van der Waals surface area contributed by atoms with Crippen molar-refractivity contribution in [3.05, 3.63) is 0 Å². The maximum atomic E-state index is 3.98. The van der Waals surface area contributed by atoms with Crippen LogP contribution in [0.3, 0.4) is 0 Å². The summed E-state index contributed by atoms with van der Waals surface area (Å²) in [5.41, 5.74) is 0. The first-order chi connectivity index (χ1) is 8.31. The van der Waals surface area contributed by atoms with E-state index in [1.54, 1.807) is 0 Å². The summed E-state index contributed by atoms with van der Waals surface area (Å²) in [6.07, 6.45) is 14.5. The minimum atomic E-state index is 0.755. The van der Waals surface area contributed by atoms with Gasteiger partial charge in [-0.15, -0.1) is 0 Å². The fourth-order valence-electron chi connectivity index (χ4n) is 4.03. The van der Waals surface area contributed by atoms with Gasteiger partial charge < -0.3 is 5.32 Å². The van der Waals surface area contributed by atoms with Gasteiger partial charge in [0.05, 0.1) is 0 Å². The van der Waals surface area contributed by atoms with Gasteiger partial charge in [-0.05, 0) is 44.4 Å². The van der Waals surface area contributed by atoms with Crippen molar-refractivity contribution in [2.75, 3.05) is 0 Å². The Morgan fingerprint density at radius 2 is 1.65 bits per heavy atom. The third kappa shape index (κ3) is 3.71. The molecule has 3 atom stereocenters. The van der Waals surface area contributed by atoms with E-state index in [1.807, 2.05) is 0 Å². The lowest BCUT2D eigenvalue weighted by Gasteiger charge is -2.29. The summed E-state index contributed by atoms with van der Waals surface area (Å²) in [6, 6.07) is 1.59. The molecular weight excluding hydrogens is 206 g/mol. The predicted molar refractivity (Wildman–Crippen MR) is 75.2 cm³/mol. The molecule has 0 aliphatic heterocycles. The van der Waals surface area contributed by atoms with Crippen molar-refractivity contribution in [2.45, 2.75) is 90.1 Å². The molecule has 0 heterocycles. The van der Waals surface area contributed by atoms with E-state index in [4.69, 9.17) is 0 Å². The Morgan fingerprint density at radius 3 is 2.29 bits per heavy atom. The Bertz CT molecular complexity index is 206. The average molecular weight is 237 g/mol. The lowest BCUT2D eigenvalue weighted by molar-refractivity contribution is 0.278. The van der Waals surface area contributed by atoms with Crippen molar-refractivity contribution in [3.8, 4) is 0 Å². The molecule has 2 aliphatic carbocycles. The van der Waals surface area contributed by atoms with Crippen LogP contribution in [0.5, 0.6) is 0 Å². The predicted octanol–water partition coefficient (Wildman–Crippen LogP) is 4.51. The van der Waals surface area contributed by atoms with E-state index < -0.39 is 0 Å². The summed E-state index contributed by atoms with van der Waals surface area (Å²) >= 11 is 0. The largest absolute Gasteiger partial charge is 0.311 e. The zero-order chi connectivity index (χ0) is 12.1. The van der Waals surface area contributed by atoms with Crippen LogP contribution in [-0.2, 0) is 0 Å². The van der Waals surface area contributed by atoms with Gasteiger partial charge in [0.25, 0.3) is 0 Å². The highest BCUT2D eigenvalue weighted by molar-refractivity contribution is 4.86. The van der Waals surface area contributed by atoms with Crippen LogP contribution in [-0.4, -0.2) is 12.1 Å². The lowest BCUT2D eigenvalue weighted by atomic mass is 9.91. The fourth-order valence-corrected chi connectivity index (χ4v) is 4.03. The summed E-state index contributed by atoms with van der Waals surface area (Å²) in [6.45, 7) is 4.81. The first kappa shape index (κ1) is 13.4. The molecule has 1 nitrogen and oxygen atoms in total. The van der Waals surface area contributed by atoms with Crippen molar-refractivity contribution in [2.24, 2.45) is 11.8 Å². The Kier molecular flexibility index (Phi) is 5.34. The zero-order valence-corrected chi connectivity index (χ0v) is 11.9. The molecule has 0 aromatic heterocycles. The van der Waals surface area contributed by atoms with Crippen LogP contribution in [0.15, 0.2) is 0 Å². The molecule has 1 N–H and O–H groups in total. The molecule has 0 amide bonds. The van der Waals surface area contributed by atoms with E-state index in [2.05, 4.69) is 19.2 Å². The number of hydrogen-bond donors (Lipinski definition) is 1. The Labute approximate surface area is 108 Å². The quantitative estimate of drug-likeness (QED) is 0.709. The molecule has 0 aromatic rings. The Hall–Kier alpha value is -0.0400. The van der Waals surface area contributed by atoms with E-state index in [0.717, 1.165) is 23.9 Å². The monoisotopic (exact) mass is 237 g/mol. The van der Waals surface area contributed by atoms with Gasteiger partial charge >= 0.3 is 0 Å². The summed E-state index contributed by atoms with van der Waals surface area (Å²) < 4.78 is 0. The smallest absolute Gasteiger partial charge is 0.00978 e. The second-order valence-electron chi connectivity index (χ2n) is 6.41. The molecule has 17 heavy (non-hydrogen) atoms. The minimum Gasteiger partial charge on any atom is -0.311 e. The SMILES string of the molecule is CCC1CCCC1N[C@H](C)C1CCCCCC1. The normalized spacial score (nSPS) is 33.5. The maximum absolute atomic E-state index is 3.98. The molecule has 2 fully saturated rings. The number of hydrogen-bond acceptors (Lipinski definition) is 1. The molecule has 0 radical (unpaired) electrons. The van der Waals surface area contributed by atoms with Crippen LogP contribution in [0.2, 0.25) is 0 Å². The van der Waals surface area contributed by atoms with Crippen molar-refractivity contribution in [3.63, 3.8) is 0 Å². The molecule has 1 heteroatoms. The van der Waals surface area contributed by atoms with Crippen LogP contribution in [0.25, 0.3) is 0 Å². The van der Waals surface area contributed by atoms with Crippen molar-refractivity contribution in [1.29, 1.82) is 0 Å². The van der Waals surface area contributed by atoms with Crippen molar-refractivity contribution in [1.82, 2.24) is 5.32 Å². The van der Waals surface area contributed by atoms with Crippen molar-refractivity contribution < 1.29 is 0 Å². The zero-order valence-electron chi connectivity index (χ0n) is 11.9. The highest BCUT2D eigenvalue weighted by atomic mass is 15.0. The maximum Gasteiger partial charge on any atom is 0.00978 e. The van der Waals surface area contributed by atoms with Crippen LogP contribution in [0, 0.1) is 11.8 Å². The number of nitrogens with one attached hydrogen (secondary N) is 1. The first-order valence-corrected chi connectivity index (χ1v) is 8.07. The van der Waals surface area contributed by atoms with Gasteiger partial charge in [-0.25, -0.2) is 0 Å².